The summed E-state index contributed by atoms with van der Waals surface area (Å²) in [4.78, 5) is 11.8. The molecule has 1 aromatic heterocycles. The molecule has 0 fully saturated rings. The lowest BCUT2D eigenvalue weighted by Crippen LogP contribution is -2.39. The van der Waals surface area contributed by atoms with Gasteiger partial charge in [-0.2, -0.15) is 0 Å². The molecule has 5 nitrogen and oxygen atoms in total. The Labute approximate surface area is 118 Å². The first-order valence-electron chi connectivity index (χ1n) is 6.51. The average Bonchev–Trinajstić information content (AvgIpc) is 2.83. The van der Waals surface area contributed by atoms with Crippen LogP contribution in [0.15, 0.2) is 40.9 Å². The van der Waals surface area contributed by atoms with Gasteiger partial charge in [0.25, 0.3) is 0 Å². The van der Waals surface area contributed by atoms with Crippen molar-refractivity contribution >= 4 is 11.8 Å². The summed E-state index contributed by atoms with van der Waals surface area (Å²) in [6.45, 7) is 6.47. The molecule has 0 aliphatic heterocycles. The molecule has 0 radical (unpaired) electrons. The monoisotopic (exact) mass is 273 g/mol. The number of aromatic nitrogens is 1. The van der Waals surface area contributed by atoms with Crippen molar-refractivity contribution in [1.29, 1.82) is 0 Å². The zero-order valence-corrected chi connectivity index (χ0v) is 11.9. The summed E-state index contributed by atoms with van der Waals surface area (Å²) in [5.74, 6) is 1.07. The maximum absolute atomic E-state index is 11.8. The van der Waals surface area contributed by atoms with Crippen LogP contribution in [0.1, 0.15) is 25.2 Å². The molecule has 0 saturated carbocycles. The van der Waals surface area contributed by atoms with Crippen molar-refractivity contribution in [3.8, 4) is 0 Å². The van der Waals surface area contributed by atoms with Gasteiger partial charge in [0.05, 0.1) is 0 Å². The van der Waals surface area contributed by atoms with E-state index in [9.17, 15) is 4.79 Å². The number of anilines is 1. The molecule has 2 aromatic rings. The summed E-state index contributed by atoms with van der Waals surface area (Å²) >= 11 is 0. The highest BCUT2D eigenvalue weighted by atomic mass is 16.5. The predicted molar refractivity (Wildman–Crippen MR) is 77.7 cm³/mol. The van der Waals surface area contributed by atoms with E-state index in [1.54, 1.807) is 13.0 Å². The first-order chi connectivity index (χ1) is 9.47. The van der Waals surface area contributed by atoms with E-state index in [2.05, 4.69) is 41.8 Å². The number of aryl methyl sites for hydroxylation is 1. The fourth-order valence-corrected chi connectivity index (χ4v) is 1.88. The molecule has 2 rings (SSSR count). The molecule has 0 bridgehead atoms. The third-order valence-corrected chi connectivity index (χ3v) is 3.12. The Morgan fingerprint density at radius 2 is 2.00 bits per heavy atom. The summed E-state index contributed by atoms with van der Waals surface area (Å²) in [5.41, 5.74) is 1.04. The number of hydrogen-bond donors (Lipinski definition) is 2. The van der Waals surface area contributed by atoms with Crippen LogP contribution < -0.4 is 10.6 Å². The average molecular weight is 273 g/mol. The normalized spacial score (nSPS) is 11.2. The number of carbonyl (C=O) groups is 1. The van der Waals surface area contributed by atoms with E-state index in [1.165, 1.54) is 5.56 Å². The van der Waals surface area contributed by atoms with E-state index in [-0.39, 0.29) is 11.4 Å². The van der Waals surface area contributed by atoms with Crippen LogP contribution in [0.5, 0.6) is 0 Å². The molecule has 0 saturated heterocycles. The number of rotatable bonds is 4. The van der Waals surface area contributed by atoms with E-state index in [0.717, 1.165) is 0 Å². The summed E-state index contributed by atoms with van der Waals surface area (Å²) in [5, 5.41) is 9.19. The van der Waals surface area contributed by atoms with Crippen LogP contribution in [0, 0.1) is 6.92 Å². The molecule has 1 heterocycles. The Balaban J connectivity index is 1.89. The SMILES string of the molecule is Cc1cc(NC(=O)NCC(C)(C)c2ccccc2)no1. The standard InChI is InChI=1S/C15H19N3O2/c1-11-9-13(18-20-11)17-14(19)16-10-15(2,3)12-7-5-4-6-8-12/h4-9H,10H2,1-3H3,(H2,16,17,18,19). The van der Waals surface area contributed by atoms with E-state index in [0.29, 0.717) is 18.1 Å². The summed E-state index contributed by atoms with van der Waals surface area (Å²) in [6.07, 6.45) is 0. The number of urea groups is 1. The van der Waals surface area contributed by atoms with E-state index >= 15 is 0 Å². The van der Waals surface area contributed by atoms with Crippen molar-refractivity contribution in [3.05, 3.63) is 47.7 Å². The fourth-order valence-electron chi connectivity index (χ4n) is 1.88. The highest BCUT2D eigenvalue weighted by Crippen LogP contribution is 2.21. The van der Waals surface area contributed by atoms with Crippen molar-refractivity contribution in [2.45, 2.75) is 26.2 Å². The van der Waals surface area contributed by atoms with Crippen LogP contribution >= 0.6 is 0 Å². The number of benzene rings is 1. The molecule has 0 spiro atoms. The molecule has 2 N–H and O–H groups in total. The van der Waals surface area contributed by atoms with Gasteiger partial charge in [-0.1, -0.05) is 49.3 Å². The quantitative estimate of drug-likeness (QED) is 0.899. The molecule has 5 heteroatoms. The van der Waals surface area contributed by atoms with E-state index < -0.39 is 0 Å². The first-order valence-corrected chi connectivity index (χ1v) is 6.51. The van der Waals surface area contributed by atoms with Gasteiger partial charge >= 0.3 is 6.03 Å². The second-order valence-electron chi connectivity index (χ2n) is 5.38. The molecule has 20 heavy (non-hydrogen) atoms. The Kier molecular flexibility index (Phi) is 4.08. The fraction of sp³-hybridized carbons (Fsp3) is 0.333. The lowest BCUT2D eigenvalue weighted by Gasteiger charge is -2.25. The van der Waals surface area contributed by atoms with Crippen LogP contribution in [-0.4, -0.2) is 17.7 Å². The first kappa shape index (κ1) is 14.1. The Morgan fingerprint density at radius 3 is 2.60 bits per heavy atom. The summed E-state index contributed by atoms with van der Waals surface area (Å²) in [7, 11) is 0. The zero-order valence-electron chi connectivity index (χ0n) is 11.9. The van der Waals surface area contributed by atoms with Gasteiger partial charge in [-0.15, -0.1) is 0 Å². The molecule has 0 aliphatic rings. The van der Waals surface area contributed by atoms with Crippen molar-refractivity contribution < 1.29 is 9.32 Å². The van der Waals surface area contributed by atoms with Gasteiger partial charge in [0.1, 0.15) is 5.76 Å². The second kappa shape index (κ2) is 5.77. The summed E-state index contributed by atoms with van der Waals surface area (Å²) < 4.78 is 4.89. The van der Waals surface area contributed by atoms with Crippen LogP contribution in [-0.2, 0) is 5.41 Å². The number of amides is 2. The molecule has 2 amide bonds. The second-order valence-corrected chi connectivity index (χ2v) is 5.38. The van der Waals surface area contributed by atoms with Gasteiger partial charge in [0.15, 0.2) is 5.82 Å². The lowest BCUT2D eigenvalue weighted by atomic mass is 9.85. The third kappa shape index (κ3) is 3.60. The predicted octanol–water partition coefficient (Wildman–Crippen LogP) is 3.08. The maximum Gasteiger partial charge on any atom is 0.320 e. The zero-order chi connectivity index (χ0) is 14.6. The largest absolute Gasteiger partial charge is 0.360 e. The Hall–Kier alpha value is -2.30. The molecule has 1 aromatic carbocycles. The minimum atomic E-state index is -0.290. The maximum atomic E-state index is 11.8. The van der Waals surface area contributed by atoms with Gasteiger partial charge in [-0.25, -0.2) is 4.79 Å². The van der Waals surface area contributed by atoms with Crippen LogP contribution in [0.25, 0.3) is 0 Å². The van der Waals surface area contributed by atoms with Gasteiger partial charge in [-0.3, -0.25) is 5.32 Å². The molecular formula is C15H19N3O2. The minimum Gasteiger partial charge on any atom is -0.360 e. The Bertz CT molecular complexity index is 576. The van der Waals surface area contributed by atoms with Gasteiger partial charge < -0.3 is 9.84 Å². The smallest absolute Gasteiger partial charge is 0.320 e. The number of carbonyl (C=O) groups excluding carboxylic acids is 1. The molecular weight excluding hydrogens is 254 g/mol. The highest BCUT2D eigenvalue weighted by Gasteiger charge is 2.21. The minimum absolute atomic E-state index is 0.141. The highest BCUT2D eigenvalue weighted by molar-refractivity contribution is 5.88. The lowest BCUT2D eigenvalue weighted by molar-refractivity contribution is 0.249. The molecule has 0 aliphatic carbocycles. The molecule has 0 atom stereocenters. The van der Waals surface area contributed by atoms with Crippen LogP contribution in [0.2, 0.25) is 0 Å². The number of hydrogen-bond acceptors (Lipinski definition) is 3. The van der Waals surface area contributed by atoms with Crippen molar-refractivity contribution in [2.24, 2.45) is 0 Å². The van der Waals surface area contributed by atoms with Gasteiger partial charge in [0.2, 0.25) is 0 Å². The number of nitrogens with zero attached hydrogens (tertiary/aromatic N) is 1. The Morgan fingerprint density at radius 1 is 1.30 bits per heavy atom. The van der Waals surface area contributed by atoms with Crippen molar-refractivity contribution in [2.75, 3.05) is 11.9 Å². The van der Waals surface area contributed by atoms with E-state index in [1.807, 2.05) is 18.2 Å². The van der Waals surface area contributed by atoms with Crippen molar-refractivity contribution in [1.82, 2.24) is 10.5 Å². The summed E-state index contributed by atoms with van der Waals surface area (Å²) in [6, 6.07) is 11.5. The number of nitrogens with one attached hydrogen (secondary N) is 2. The topological polar surface area (TPSA) is 67.2 Å². The molecule has 0 unspecified atom stereocenters. The molecule has 106 valence electrons. The van der Waals surface area contributed by atoms with E-state index in [4.69, 9.17) is 4.52 Å². The van der Waals surface area contributed by atoms with Gasteiger partial charge in [0, 0.05) is 18.0 Å². The van der Waals surface area contributed by atoms with Crippen LogP contribution in [0.3, 0.4) is 0 Å². The van der Waals surface area contributed by atoms with Crippen LogP contribution in [0.4, 0.5) is 10.6 Å². The van der Waals surface area contributed by atoms with Gasteiger partial charge in [-0.05, 0) is 12.5 Å². The third-order valence-electron chi connectivity index (χ3n) is 3.12. The van der Waals surface area contributed by atoms with Crippen molar-refractivity contribution in [3.63, 3.8) is 0 Å².